The van der Waals surface area contributed by atoms with E-state index in [-0.39, 0.29) is 5.92 Å². The summed E-state index contributed by atoms with van der Waals surface area (Å²) in [7, 11) is 0. The van der Waals surface area contributed by atoms with Crippen LogP contribution in [0.4, 0.5) is 0 Å². The monoisotopic (exact) mass is 632 g/mol. The maximum atomic E-state index is 6.63. The fraction of sp³-hybridized carbons (Fsp3) is 0.256. The van der Waals surface area contributed by atoms with E-state index >= 15 is 0 Å². The number of rotatable bonds is 9. The van der Waals surface area contributed by atoms with E-state index < -0.39 is 0 Å². The molecule has 0 fully saturated rings. The molecule has 7 rings (SSSR count). The van der Waals surface area contributed by atoms with Crippen molar-refractivity contribution in [3.63, 3.8) is 0 Å². The molecule has 5 heteroatoms. The van der Waals surface area contributed by atoms with E-state index in [0.29, 0.717) is 0 Å². The summed E-state index contributed by atoms with van der Waals surface area (Å²) >= 11 is 0. The number of benzene rings is 4. The SMILES string of the molecule is CCCCc1c(-c2c(C)cc(C)cc2C)c(C(C)C)nn1-c1cccc(Oc2ccc3c4ccccc4n(-c4cc(C)ccn4)c3c2)c1. The molecule has 3 aromatic heterocycles. The summed E-state index contributed by atoms with van der Waals surface area (Å²) in [6.07, 6.45) is 5.05. The molecule has 3 heterocycles. The Labute approximate surface area is 283 Å². The molecular weight excluding hydrogens is 589 g/mol. The highest BCUT2D eigenvalue weighted by atomic mass is 16.5. The lowest BCUT2D eigenvalue weighted by Crippen LogP contribution is -2.04. The van der Waals surface area contributed by atoms with Gasteiger partial charge in [0.15, 0.2) is 0 Å². The van der Waals surface area contributed by atoms with Gasteiger partial charge in [-0.3, -0.25) is 4.57 Å². The molecule has 7 aromatic rings. The van der Waals surface area contributed by atoms with Crippen LogP contribution < -0.4 is 4.74 Å². The van der Waals surface area contributed by atoms with Gasteiger partial charge in [-0.1, -0.05) is 69.2 Å². The topological polar surface area (TPSA) is 44.9 Å². The summed E-state index contributed by atoms with van der Waals surface area (Å²) in [5.74, 6) is 2.73. The minimum atomic E-state index is 0.280. The normalized spacial score (nSPS) is 11.7. The van der Waals surface area contributed by atoms with Gasteiger partial charge < -0.3 is 4.74 Å². The Morgan fingerprint density at radius 2 is 1.46 bits per heavy atom. The van der Waals surface area contributed by atoms with E-state index in [1.54, 1.807) is 0 Å². The molecule has 0 aliphatic rings. The number of pyridine rings is 1. The van der Waals surface area contributed by atoms with Gasteiger partial charge in [0.2, 0.25) is 0 Å². The molecule has 0 saturated carbocycles. The molecule has 0 aliphatic heterocycles. The van der Waals surface area contributed by atoms with Gasteiger partial charge in [-0.2, -0.15) is 5.10 Å². The zero-order valence-corrected chi connectivity index (χ0v) is 29.1. The Balaban J connectivity index is 1.33. The molecule has 0 saturated heterocycles. The molecule has 0 radical (unpaired) electrons. The summed E-state index contributed by atoms with van der Waals surface area (Å²) in [5.41, 5.74) is 13.3. The number of ether oxygens (including phenoxy) is 1. The molecule has 4 aromatic carbocycles. The number of fused-ring (bicyclic) bond motifs is 3. The third-order valence-electron chi connectivity index (χ3n) is 9.32. The van der Waals surface area contributed by atoms with Crippen molar-refractivity contribution in [3.8, 4) is 34.1 Å². The lowest BCUT2D eigenvalue weighted by atomic mass is 9.89. The molecular formula is C43H44N4O. The van der Waals surface area contributed by atoms with Gasteiger partial charge in [-0.15, -0.1) is 0 Å². The van der Waals surface area contributed by atoms with Gasteiger partial charge in [-0.25, -0.2) is 9.67 Å². The van der Waals surface area contributed by atoms with Crippen molar-refractivity contribution in [1.29, 1.82) is 0 Å². The third-order valence-corrected chi connectivity index (χ3v) is 9.32. The number of hydrogen-bond donors (Lipinski definition) is 0. The van der Waals surface area contributed by atoms with Crippen LogP contribution in [0.25, 0.3) is 44.4 Å². The number of unbranched alkanes of at least 4 members (excludes halogenated alkanes) is 1. The Morgan fingerprint density at radius 3 is 2.21 bits per heavy atom. The van der Waals surface area contributed by atoms with Gasteiger partial charge >= 0.3 is 0 Å². The Morgan fingerprint density at radius 1 is 0.708 bits per heavy atom. The van der Waals surface area contributed by atoms with Crippen molar-refractivity contribution < 1.29 is 4.74 Å². The molecule has 242 valence electrons. The molecule has 0 atom stereocenters. The maximum Gasteiger partial charge on any atom is 0.137 e. The first-order chi connectivity index (χ1) is 23.2. The van der Waals surface area contributed by atoms with Gasteiger partial charge in [0.1, 0.15) is 17.3 Å². The average molecular weight is 633 g/mol. The molecule has 0 unspecified atom stereocenters. The lowest BCUT2D eigenvalue weighted by Gasteiger charge is -2.16. The molecule has 0 amide bonds. The first kappa shape index (κ1) is 31.4. The van der Waals surface area contributed by atoms with E-state index in [9.17, 15) is 0 Å². The van der Waals surface area contributed by atoms with Crippen LogP contribution >= 0.6 is 0 Å². The van der Waals surface area contributed by atoms with E-state index in [4.69, 9.17) is 14.8 Å². The van der Waals surface area contributed by atoms with E-state index in [1.807, 2.05) is 18.3 Å². The summed E-state index contributed by atoms with van der Waals surface area (Å²) in [6.45, 7) is 15.5. The van der Waals surface area contributed by atoms with Gasteiger partial charge in [0, 0.05) is 34.7 Å². The second kappa shape index (κ2) is 12.8. The van der Waals surface area contributed by atoms with Crippen molar-refractivity contribution in [2.45, 2.75) is 73.6 Å². The summed E-state index contributed by atoms with van der Waals surface area (Å²) in [4.78, 5) is 4.74. The van der Waals surface area contributed by atoms with Crippen LogP contribution in [0.1, 0.15) is 73.2 Å². The van der Waals surface area contributed by atoms with E-state index in [1.165, 1.54) is 49.8 Å². The standard InChI is InChI=1S/C43H44N4O/c1-8-9-16-38-42(41-30(6)22-29(5)23-31(41)7)43(27(2)3)45-47(38)32-13-12-14-33(25-32)48-34-18-19-36-35-15-10-11-17-37(35)46(39(36)26-34)40-24-28(4)20-21-44-40/h10-15,17-27H,8-9,16H2,1-7H3. The molecule has 48 heavy (non-hydrogen) atoms. The Hall–Kier alpha value is -5.16. The second-order valence-electron chi connectivity index (χ2n) is 13.5. The van der Waals surface area contributed by atoms with Crippen LogP contribution in [0.15, 0.2) is 97.2 Å². The smallest absolute Gasteiger partial charge is 0.137 e. The summed E-state index contributed by atoms with van der Waals surface area (Å²) < 4.78 is 11.0. The number of para-hydroxylation sites is 1. The number of aryl methyl sites for hydroxylation is 4. The zero-order valence-electron chi connectivity index (χ0n) is 29.1. The predicted octanol–water partition coefficient (Wildman–Crippen LogP) is 11.5. The van der Waals surface area contributed by atoms with E-state index in [2.05, 4.69) is 137 Å². The van der Waals surface area contributed by atoms with Crippen molar-refractivity contribution in [2.75, 3.05) is 0 Å². The van der Waals surface area contributed by atoms with Gasteiger partial charge in [-0.05, 0) is 111 Å². The lowest BCUT2D eigenvalue weighted by molar-refractivity contribution is 0.482. The Kier molecular flexibility index (Phi) is 8.38. The number of hydrogen-bond acceptors (Lipinski definition) is 3. The zero-order chi connectivity index (χ0) is 33.5. The first-order valence-corrected chi connectivity index (χ1v) is 17.2. The maximum absolute atomic E-state index is 6.63. The van der Waals surface area contributed by atoms with Gasteiger partial charge in [0.25, 0.3) is 0 Å². The predicted molar refractivity (Wildman–Crippen MR) is 199 cm³/mol. The van der Waals surface area contributed by atoms with Crippen LogP contribution in [0, 0.1) is 27.7 Å². The highest BCUT2D eigenvalue weighted by Crippen LogP contribution is 2.40. The van der Waals surface area contributed by atoms with Crippen molar-refractivity contribution >= 4 is 21.8 Å². The highest BCUT2D eigenvalue weighted by Gasteiger charge is 2.25. The van der Waals surface area contributed by atoms with Crippen LogP contribution in [0.3, 0.4) is 0 Å². The fourth-order valence-corrected chi connectivity index (χ4v) is 7.23. The van der Waals surface area contributed by atoms with Crippen LogP contribution in [-0.4, -0.2) is 19.3 Å². The largest absolute Gasteiger partial charge is 0.457 e. The van der Waals surface area contributed by atoms with Crippen molar-refractivity contribution in [2.24, 2.45) is 0 Å². The summed E-state index contributed by atoms with van der Waals surface area (Å²) in [6, 6.07) is 32.0. The molecule has 5 nitrogen and oxygen atoms in total. The first-order valence-electron chi connectivity index (χ1n) is 17.2. The van der Waals surface area contributed by atoms with Crippen LogP contribution in [0.2, 0.25) is 0 Å². The Bertz CT molecular complexity index is 2260. The fourth-order valence-electron chi connectivity index (χ4n) is 7.23. The number of nitrogens with zero attached hydrogens (tertiary/aromatic N) is 4. The molecule has 0 spiro atoms. The molecule has 0 N–H and O–H groups in total. The number of aromatic nitrogens is 4. The van der Waals surface area contributed by atoms with Gasteiger partial charge in [0.05, 0.1) is 28.1 Å². The minimum Gasteiger partial charge on any atom is -0.457 e. The second-order valence-corrected chi connectivity index (χ2v) is 13.5. The third kappa shape index (κ3) is 5.68. The van der Waals surface area contributed by atoms with E-state index in [0.717, 1.165) is 59.0 Å². The van der Waals surface area contributed by atoms with Crippen molar-refractivity contribution in [1.82, 2.24) is 19.3 Å². The minimum absolute atomic E-state index is 0.280. The van der Waals surface area contributed by atoms with Crippen LogP contribution in [0.5, 0.6) is 11.5 Å². The molecule has 0 bridgehead atoms. The summed E-state index contributed by atoms with van der Waals surface area (Å²) in [5, 5.41) is 7.69. The van der Waals surface area contributed by atoms with Crippen LogP contribution in [-0.2, 0) is 6.42 Å². The molecule has 0 aliphatic carbocycles. The van der Waals surface area contributed by atoms with Crippen molar-refractivity contribution in [3.05, 3.63) is 131 Å². The average Bonchev–Trinajstić information content (AvgIpc) is 3.59. The quantitative estimate of drug-likeness (QED) is 0.159. The highest BCUT2D eigenvalue weighted by molar-refractivity contribution is 6.09.